The first-order valence-corrected chi connectivity index (χ1v) is 8.69. The molecule has 0 aliphatic carbocycles. The van der Waals surface area contributed by atoms with Crippen molar-refractivity contribution in [1.82, 2.24) is 10.2 Å². The number of rotatable bonds is 4. The molecule has 126 valence electrons. The molecule has 0 aromatic heterocycles. The summed E-state index contributed by atoms with van der Waals surface area (Å²) in [6, 6.07) is 14.3. The molecule has 1 aliphatic rings. The van der Waals surface area contributed by atoms with Crippen molar-refractivity contribution in [2.24, 2.45) is 0 Å². The number of carbonyl (C=O) groups excluding carboxylic acids is 2. The fourth-order valence-corrected chi connectivity index (χ4v) is 3.23. The predicted molar refractivity (Wildman–Crippen MR) is 95.6 cm³/mol. The molecule has 4 heteroatoms. The number of fused-ring (bicyclic) bond motifs is 1. The molecule has 3 rings (SSSR count). The molecule has 2 aromatic carbocycles. The van der Waals surface area contributed by atoms with Gasteiger partial charge in [-0.05, 0) is 42.2 Å². The van der Waals surface area contributed by atoms with Crippen molar-refractivity contribution in [2.45, 2.75) is 38.6 Å². The Kier molecular flexibility index (Phi) is 5.14. The molecule has 1 atom stereocenters. The number of hydrogen-bond acceptors (Lipinski definition) is 2. The Balaban J connectivity index is 1.63. The third-order valence-electron chi connectivity index (χ3n) is 4.66. The van der Waals surface area contributed by atoms with Gasteiger partial charge in [-0.3, -0.25) is 9.59 Å². The van der Waals surface area contributed by atoms with Crippen LogP contribution in [0.25, 0.3) is 10.8 Å². The van der Waals surface area contributed by atoms with Crippen molar-refractivity contribution in [3.05, 3.63) is 48.0 Å². The molecule has 4 nitrogen and oxygen atoms in total. The van der Waals surface area contributed by atoms with Crippen molar-refractivity contribution in [3.63, 3.8) is 0 Å². The standard InChI is InChI=1S/C20H24N2O2/c1-15(17-11-10-16-7-4-5-8-18(16)13-17)21-19(23)14-22-12-6-2-3-9-20(22)24/h4-5,7-8,10-11,13,15H,2-3,6,9,12,14H2,1H3,(H,21,23). The van der Waals surface area contributed by atoms with Gasteiger partial charge in [0.25, 0.3) is 0 Å². The summed E-state index contributed by atoms with van der Waals surface area (Å²) in [5.41, 5.74) is 1.07. The van der Waals surface area contributed by atoms with Gasteiger partial charge in [0, 0.05) is 13.0 Å². The summed E-state index contributed by atoms with van der Waals surface area (Å²) in [4.78, 5) is 26.0. The van der Waals surface area contributed by atoms with E-state index in [4.69, 9.17) is 0 Å². The van der Waals surface area contributed by atoms with Gasteiger partial charge < -0.3 is 10.2 Å². The third-order valence-corrected chi connectivity index (χ3v) is 4.66. The summed E-state index contributed by atoms with van der Waals surface area (Å²) in [6.45, 7) is 2.83. The van der Waals surface area contributed by atoms with Crippen molar-refractivity contribution in [3.8, 4) is 0 Å². The van der Waals surface area contributed by atoms with Gasteiger partial charge in [-0.15, -0.1) is 0 Å². The summed E-state index contributed by atoms with van der Waals surface area (Å²) >= 11 is 0. The van der Waals surface area contributed by atoms with Crippen LogP contribution in [0.2, 0.25) is 0 Å². The number of nitrogens with zero attached hydrogens (tertiary/aromatic N) is 1. The van der Waals surface area contributed by atoms with Gasteiger partial charge in [-0.25, -0.2) is 0 Å². The highest BCUT2D eigenvalue weighted by molar-refractivity contribution is 5.86. The molecule has 0 spiro atoms. The maximum atomic E-state index is 12.3. The lowest BCUT2D eigenvalue weighted by atomic mass is 10.0. The molecule has 0 radical (unpaired) electrons. The smallest absolute Gasteiger partial charge is 0.240 e. The van der Waals surface area contributed by atoms with Crippen LogP contribution in [0.3, 0.4) is 0 Å². The van der Waals surface area contributed by atoms with E-state index in [9.17, 15) is 9.59 Å². The van der Waals surface area contributed by atoms with Crippen LogP contribution in [0.1, 0.15) is 44.2 Å². The van der Waals surface area contributed by atoms with Crippen LogP contribution in [-0.4, -0.2) is 29.8 Å². The number of amides is 2. The van der Waals surface area contributed by atoms with Gasteiger partial charge in [0.15, 0.2) is 0 Å². The number of hydrogen-bond donors (Lipinski definition) is 1. The summed E-state index contributed by atoms with van der Waals surface area (Å²) in [7, 11) is 0. The second-order valence-corrected chi connectivity index (χ2v) is 6.52. The van der Waals surface area contributed by atoms with Crippen molar-refractivity contribution in [1.29, 1.82) is 0 Å². The summed E-state index contributed by atoms with van der Waals surface area (Å²) < 4.78 is 0. The summed E-state index contributed by atoms with van der Waals surface area (Å²) in [5.74, 6) is 0.00640. The SMILES string of the molecule is CC(NC(=O)CN1CCCCCC1=O)c1ccc2ccccc2c1. The first-order chi connectivity index (χ1) is 11.6. The van der Waals surface area contributed by atoms with E-state index in [0.717, 1.165) is 24.8 Å². The Morgan fingerprint density at radius 3 is 2.75 bits per heavy atom. The van der Waals surface area contributed by atoms with Gasteiger partial charge in [0.05, 0.1) is 12.6 Å². The second-order valence-electron chi connectivity index (χ2n) is 6.52. The van der Waals surface area contributed by atoms with Crippen LogP contribution in [0, 0.1) is 0 Å². The van der Waals surface area contributed by atoms with Gasteiger partial charge >= 0.3 is 0 Å². The van der Waals surface area contributed by atoms with E-state index in [-0.39, 0.29) is 24.4 Å². The molecular weight excluding hydrogens is 300 g/mol. The molecule has 1 fully saturated rings. The first kappa shape index (κ1) is 16.5. The summed E-state index contributed by atoms with van der Waals surface area (Å²) in [6.07, 6.45) is 3.55. The van der Waals surface area contributed by atoms with Gasteiger partial charge in [0.1, 0.15) is 0 Å². The molecule has 1 heterocycles. The van der Waals surface area contributed by atoms with E-state index in [1.807, 2.05) is 25.1 Å². The topological polar surface area (TPSA) is 49.4 Å². The van der Waals surface area contributed by atoms with Crippen LogP contribution in [-0.2, 0) is 9.59 Å². The van der Waals surface area contributed by atoms with Gasteiger partial charge in [-0.1, -0.05) is 42.8 Å². The van der Waals surface area contributed by atoms with E-state index in [2.05, 4.69) is 29.6 Å². The Hall–Kier alpha value is -2.36. The highest BCUT2D eigenvalue weighted by atomic mass is 16.2. The highest BCUT2D eigenvalue weighted by Gasteiger charge is 2.20. The molecule has 0 saturated carbocycles. The average molecular weight is 324 g/mol. The van der Waals surface area contributed by atoms with Crippen LogP contribution in [0.15, 0.2) is 42.5 Å². The third kappa shape index (κ3) is 3.94. The minimum Gasteiger partial charge on any atom is -0.348 e. The van der Waals surface area contributed by atoms with E-state index >= 15 is 0 Å². The minimum absolute atomic E-state index is 0.0795. The van der Waals surface area contributed by atoms with Crippen LogP contribution >= 0.6 is 0 Å². The molecular formula is C20H24N2O2. The summed E-state index contributed by atoms with van der Waals surface area (Å²) in [5, 5.41) is 5.37. The highest BCUT2D eigenvalue weighted by Crippen LogP contribution is 2.20. The van der Waals surface area contributed by atoms with Crippen LogP contribution in [0.4, 0.5) is 0 Å². The molecule has 0 bridgehead atoms. The normalized spacial score (nSPS) is 16.7. The molecule has 24 heavy (non-hydrogen) atoms. The lowest BCUT2D eigenvalue weighted by Gasteiger charge is -2.22. The second kappa shape index (κ2) is 7.47. The number of carbonyl (C=O) groups is 2. The fourth-order valence-electron chi connectivity index (χ4n) is 3.23. The lowest BCUT2D eigenvalue weighted by Crippen LogP contribution is -2.41. The zero-order valence-corrected chi connectivity index (χ0v) is 14.1. The Bertz CT molecular complexity index is 741. The molecule has 1 aliphatic heterocycles. The number of benzene rings is 2. The lowest BCUT2D eigenvalue weighted by molar-refractivity contribution is -0.135. The van der Waals surface area contributed by atoms with Gasteiger partial charge in [0.2, 0.25) is 11.8 Å². The van der Waals surface area contributed by atoms with E-state index < -0.39 is 0 Å². The number of nitrogens with one attached hydrogen (secondary N) is 1. The minimum atomic E-state index is -0.0918. The van der Waals surface area contributed by atoms with E-state index in [1.165, 1.54) is 10.8 Å². The molecule has 1 saturated heterocycles. The Morgan fingerprint density at radius 2 is 1.92 bits per heavy atom. The predicted octanol–water partition coefficient (Wildman–Crippen LogP) is 3.42. The van der Waals surface area contributed by atoms with Crippen molar-refractivity contribution < 1.29 is 9.59 Å². The largest absolute Gasteiger partial charge is 0.348 e. The molecule has 2 aromatic rings. The number of likely N-dealkylation sites (tertiary alicyclic amines) is 1. The quantitative estimate of drug-likeness (QED) is 0.937. The maximum Gasteiger partial charge on any atom is 0.240 e. The Labute approximate surface area is 142 Å². The van der Waals surface area contributed by atoms with Gasteiger partial charge in [-0.2, -0.15) is 0 Å². The zero-order valence-electron chi connectivity index (χ0n) is 14.1. The first-order valence-electron chi connectivity index (χ1n) is 8.69. The van der Waals surface area contributed by atoms with Crippen molar-refractivity contribution >= 4 is 22.6 Å². The van der Waals surface area contributed by atoms with E-state index in [0.29, 0.717) is 13.0 Å². The van der Waals surface area contributed by atoms with E-state index in [1.54, 1.807) is 4.90 Å². The Morgan fingerprint density at radius 1 is 1.12 bits per heavy atom. The van der Waals surface area contributed by atoms with Crippen molar-refractivity contribution in [2.75, 3.05) is 13.1 Å². The average Bonchev–Trinajstić information content (AvgIpc) is 2.79. The monoisotopic (exact) mass is 324 g/mol. The zero-order chi connectivity index (χ0) is 16.9. The molecule has 1 N–H and O–H groups in total. The molecule has 2 amide bonds. The maximum absolute atomic E-state index is 12.3. The molecule has 1 unspecified atom stereocenters. The van der Waals surface area contributed by atoms with Crippen LogP contribution < -0.4 is 5.32 Å². The fraction of sp³-hybridized carbons (Fsp3) is 0.400. The van der Waals surface area contributed by atoms with Crippen LogP contribution in [0.5, 0.6) is 0 Å².